The van der Waals surface area contributed by atoms with Crippen LogP contribution in [-0.2, 0) is 6.54 Å². The molecule has 0 aliphatic carbocycles. The topological polar surface area (TPSA) is 20.3 Å². The summed E-state index contributed by atoms with van der Waals surface area (Å²) in [7, 11) is 0. The average molecular weight is 359 g/mol. The van der Waals surface area contributed by atoms with Gasteiger partial charge in [0.05, 0.1) is 10.9 Å². The zero-order valence-electron chi connectivity index (χ0n) is 10.4. The molecule has 5 heteroatoms. The first kappa shape index (κ1) is 14.6. The molecule has 0 aliphatic rings. The zero-order chi connectivity index (χ0) is 13.8. The third-order valence-corrected chi connectivity index (χ3v) is 4.48. The number of carbonyl (C=O) groups excluding carboxylic acids is 1. The summed E-state index contributed by atoms with van der Waals surface area (Å²) < 4.78 is 1.72. The van der Waals surface area contributed by atoms with Gasteiger partial charge >= 0.3 is 0 Å². The minimum Gasteiger partial charge on any atom is -0.334 e. The van der Waals surface area contributed by atoms with E-state index in [0.29, 0.717) is 18.7 Å². The number of hydrogen-bond donors (Lipinski definition) is 0. The molecule has 0 atom stereocenters. The molecule has 1 aromatic heterocycles. The van der Waals surface area contributed by atoms with Crippen molar-refractivity contribution in [3.8, 4) is 0 Å². The van der Waals surface area contributed by atoms with E-state index in [2.05, 4.69) is 15.9 Å². The number of carbonyl (C=O) groups is 1. The summed E-state index contributed by atoms with van der Waals surface area (Å²) in [4.78, 5) is 15.3. The molecule has 2 aromatic rings. The van der Waals surface area contributed by atoms with Crippen LogP contribution in [0.4, 0.5) is 0 Å². The molecule has 0 N–H and O–H groups in total. The maximum absolute atomic E-state index is 12.4. The maximum atomic E-state index is 12.4. The molecule has 0 bridgehead atoms. The van der Waals surface area contributed by atoms with Crippen molar-refractivity contribution in [1.29, 1.82) is 0 Å². The third-order valence-electron chi connectivity index (χ3n) is 2.74. The Morgan fingerprint density at radius 2 is 1.95 bits per heavy atom. The maximum Gasteiger partial charge on any atom is 0.254 e. The number of halogens is 2. The van der Waals surface area contributed by atoms with Crippen molar-refractivity contribution < 1.29 is 4.79 Å². The summed E-state index contributed by atoms with van der Waals surface area (Å²) >= 11 is 10.8. The molecular formula is C14H13BrClNOS. The number of hydrogen-bond acceptors (Lipinski definition) is 2. The second-order valence-corrected chi connectivity index (χ2v) is 6.75. The van der Waals surface area contributed by atoms with Crippen molar-refractivity contribution >= 4 is 44.8 Å². The van der Waals surface area contributed by atoms with E-state index in [1.807, 2.05) is 48.2 Å². The standard InChI is InChI=1S/C14H13BrClNOS/c1-2-17(9-12-7-8-13(16)19-12)14(18)10-3-5-11(15)6-4-10/h3-8H,2,9H2,1H3. The summed E-state index contributed by atoms with van der Waals surface area (Å²) in [5.41, 5.74) is 0.702. The molecule has 1 amide bonds. The highest BCUT2D eigenvalue weighted by molar-refractivity contribution is 9.10. The van der Waals surface area contributed by atoms with Crippen molar-refractivity contribution in [3.63, 3.8) is 0 Å². The largest absolute Gasteiger partial charge is 0.334 e. The van der Waals surface area contributed by atoms with Crippen LogP contribution in [0.3, 0.4) is 0 Å². The molecule has 2 nitrogen and oxygen atoms in total. The van der Waals surface area contributed by atoms with Gasteiger partial charge in [-0.2, -0.15) is 0 Å². The average Bonchev–Trinajstić information content (AvgIpc) is 2.81. The lowest BCUT2D eigenvalue weighted by Gasteiger charge is -2.20. The molecule has 1 heterocycles. The van der Waals surface area contributed by atoms with E-state index in [0.717, 1.165) is 13.7 Å². The van der Waals surface area contributed by atoms with Crippen LogP contribution in [-0.4, -0.2) is 17.4 Å². The van der Waals surface area contributed by atoms with Gasteiger partial charge in [-0.15, -0.1) is 11.3 Å². The van der Waals surface area contributed by atoms with Crippen molar-refractivity contribution in [3.05, 3.63) is 55.6 Å². The summed E-state index contributed by atoms with van der Waals surface area (Å²) in [5.74, 6) is 0.0412. The Labute approximate surface area is 130 Å². The first-order valence-corrected chi connectivity index (χ1v) is 7.88. The lowest BCUT2D eigenvalue weighted by molar-refractivity contribution is 0.0754. The molecule has 0 saturated carbocycles. The molecular weight excluding hydrogens is 346 g/mol. The van der Waals surface area contributed by atoms with Gasteiger partial charge in [0.2, 0.25) is 0 Å². The number of thiophene rings is 1. The Morgan fingerprint density at radius 1 is 1.26 bits per heavy atom. The Morgan fingerprint density at radius 3 is 2.47 bits per heavy atom. The van der Waals surface area contributed by atoms with E-state index >= 15 is 0 Å². The van der Waals surface area contributed by atoms with Crippen LogP contribution in [0.1, 0.15) is 22.2 Å². The Hall–Kier alpha value is -0.840. The highest BCUT2D eigenvalue weighted by Crippen LogP contribution is 2.23. The van der Waals surface area contributed by atoms with Gasteiger partial charge < -0.3 is 4.90 Å². The summed E-state index contributed by atoms with van der Waals surface area (Å²) in [6, 6.07) is 11.2. The van der Waals surface area contributed by atoms with Gasteiger partial charge in [0.1, 0.15) is 0 Å². The molecule has 2 rings (SSSR count). The van der Waals surface area contributed by atoms with Crippen molar-refractivity contribution in [2.75, 3.05) is 6.54 Å². The van der Waals surface area contributed by atoms with Crippen LogP contribution in [0.15, 0.2) is 40.9 Å². The van der Waals surface area contributed by atoms with Gasteiger partial charge in [-0.1, -0.05) is 27.5 Å². The molecule has 19 heavy (non-hydrogen) atoms. The molecule has 0 spiro atoms. The third kappa shape index (κ3) is 3.81. The molecule has 0 aliphatic heterocycles. The summed E-state index contributed by atoms with van der Waals surface area (Å²) in [6.07, 6.45) is 0. The molecule has 100 valence electrons. The second-order valence-electron chi connectivity index (χ2n) is 4.03. The zero-order valence-corrected chi connectivity index (χ0v) is 13.6. The van der Waals surface area contributed by atoms with Crippen molar-refractivity contribution in [2.24, 2.45) is 0 Å². The van der Waals surface area contributed by atoms with Gasteiger partial charge in [0.25, 0.3) is 5.91 Å². The SMILES string of the molecule is CCN(Cc1ccc(Cl)s1)C(=O)c1ccc(Br)cc1. The number of amides is 1. The Bertz CT molecular complexity index is 567. The van der Waals surface area contributed by atoms with E-state index in [-0.39, 0.29) is 5.91 Å². The second kappa shape index (κ2) is 6.55. The lowest BCUT2D eigenvalue weighted by atomic mass is 10.2. The van der Waals surface area contributed by atoms with E-state index in [4.69, 9.17) is 11.6 Å². The summed E-state index contributed by atoms with van der Waals surface area (Å²) in [5, 5.41) is 0. The predicted molar refractivity (Wildman–Crippen MR) is 83.9 cm³/mol. The summed E-state index contributed by atoms with van der Waals surface area (Å²) in [6.45, 7) is 3.25. The Balaban J connectivity index is 2.12. The monoisotopic (exact) mass is 357 g/mol. The highest BCUT2D eigenvalue weighted by atomic mass is 79.9. The van der Waals surface area contributed by atoms with Crippen LogP contribution < -0.4 is 0 Å². The van der Waals surface area contributed by atoms with E-state index in [1.54, 1.807) is 0 Å². The van der Waals surface area contributed by atoms with Gasteiger partial charge in [-0.05, 0) is 43.3 Å². The minimum absolute atomic E-state index is 0.0412. The van der Waals surface area contributed by atoms with Crippen LogP contribution in [0, 0.1) is 0 Å². The first-order valence-electron chi connectivity index (χ1n) is 5.89. The number of rotatable bonds is 4. The molecule has 0 radical (unpaired) electrons. The van der Waals surface area contributed by atoms with Gasteiger partial charge in [0.15, 0.2) is 0 Å². The van der Waals surface area contributed by atoms with E-state index < -0.39 is 0 Å². The molecule has 0 saturated heterocycles. The first-order chi connectivity index (χ1) is 9.10. The fourth-order valence-corrected chi connectivity index (χ4v) is 3.09. The van der Waals surface area contributed by atoms with Gasteiger partial charge in [-0.25, -0.2) is 0 Å². The molecule has 0 unspecified atom stereocenters. The van der Waals surface area contributed by atoms with Crippen LogP contribution in [0.5, 0.6) is 0 Å². The minimum atomic E-state index is 0.0412. The predicted octanol–water partition coefficient (Wildman–Crippen LogP) is 4.83. The normalized spacial score (nSPS) is 10.5. The smallest absolute Gasteiger partial charge is 0.254 e. The van der Waals surface area contributed by atoms with Crippen molar-refractivity contribution in [2.45, 2.75) is 13.5 Å². The number of nitrogens with zero attached hydrogens (tertiary/aromatic N) is 1. The quantitative estimate of drug-likeness (QED) is 0.767. The van der Waals surface area contributed by atoms with E-state index in [9.17, 15) is 4.79 Å². The lowest BCUT2D eigenvalue weighted by Crippen LogP contribution is -2.29. The number of benzene rings is 1. The Kier molecular flexibility index (Phi) is 5.02. The van der Waals surface area contributed by atoms with E-state index in [1.165, 1.54) is 11.3 Å². The van der Waals surface area contributed by atoms with Crippen LogP contribution >= 0.6 is 38.9 Å². The fraction of sp³-hybridized carbons (Fsp3) is 0.214. The fourth-order valence-electron chi connectivity index (χ4n) is 1.73. The highest BCUT2D eigenvalue weighted by Gasteiger charge is 2.15. The van der Waals surface area contributed by atoms with Crippen LogP contribution in [0.25, 0.3) is 0 Å². The van der Waals surface area contributed by atoms with Gasteiger partial charge in [0, 0.05) is 21.5 Å². The molecule has 0 fully saturated rings. The van der Waals surface area contributed by atoms with Crippen molar-refractivity contribution in [1.82, 2.24) is 4.90 Å². The molecule has 1 aromatic carbocycles. The van der Waals surface area contributed by atoms with Crippen LogP contribution in [0.2, 0.25) is 4.34 Å². The van der Waals surface area contributed by atoms with Gasteiger partial charge in [-0.3, -0.25) is 4.79 Å².